The predicted molar refractivity (Wildman–Crippen MR) is 81.7 cm³/mol. The van der Waals surface area contributed by atoms with E-state index >= 15 is 0 Å². The molecule has 8 heteroatoms. The van der Waals surface area contributed by atoms with Crippen LogP contribution in [0.4, 0.5) is 23.7 Å². The average molecular weight is 336 g/mol. The Hall–Kier alpha value is -1.99. The normalized spacial score (nSPS) is 11.2. The second-order valence-corrected chi connectivity index (χ2v) is 5.30. The molecule has 0 unspecified atom stereocenters. The molecular weight excluding hydrogens is 313 g/mol. The molecule has 5 nitrogen and oxygen atoms in total. The first kappa shape index (κ1) is 21.0. The lowest BCUT2D eigenvalue weighted by atomic mass is 10.1. The first-order valence-electron chi connectivity index (χ1n) is 7.06. The maximum atomic E-state index is 12.8. The van der Waals surface area contributed by atoms with Crippen molar-refractivity contribution in [2.75, 3.05) is 12.4 Å². The van der Waals surface area contributed by atoms with E-state index in [9.17, 15) is 18.0 Å². The highest BCUT2D eigenvalue weighted by Crippen LogP contribution is 2.38. The lowest BCUT2D eigenvalue weighted by Crippen LogP contribution is -2.27. The molecule has 0 spiro atoms. The van der Waals surface area contributed by atoms with Gasteiger partial charge in [-0.3, -0.25) is 5.32 Å². The third kappa shape index (κ3) is 6.33. The fraction of sp³-hybridized carbons (Fsp3) is 0.600. The molecule has 1 heterocycles. The Morgan fingerprint density at radius 2 is 1.74 bits per heavy atom. The standard InChI is InChI=1S/C13H17F3N2O3.C2H6/c1-7-8(18-11(19)21-12(2,3)4)6-17-10(9(7)20-5)13(14,15)16;1-2/h6H,1-5H3,(H,18,19);1-2H3. The zero-order valence-electron chi connectivity index (χ0n) is 14.4. The molecule has 23 heavy (non-hydrogen) atoms. The highest BCUT2D eigenvalue weighted by molar-refractivity contribution is 5.86. The van der Waals surface area contributed by atoms with Gasteiger partial charge in [0.05, 0.1) is 19.0 Å². The summed E-state index contributed by atoms with van der Waals surface area (Å²) >= 11 is 0. The molecule has 0 aromatic carbocycles. The first-order chi connectivity index (χ1) is 10.5. The summed E-state index contributed by atoms with van der Waals surface area (Å²) in [5.74, 6) is -0.434. The summed E-state index contributed by atoms with van der Waals surface area (Å²) in [5.41, 5.74) is -1.65. The molecule has 0 aliphatic carbocycles. The fourth-order valence-corrected chi connectivity index (χ4v) is 1.58. The van der Waals surface area contributed by atoms with E-state index in [2.05, 4.69) is 10.3 Å². The van der Waals surface area contributed by atoms with E-state index in [0.717, 1.165) is 13.3 Å². The van der Waals surface area contributed by atoms with E-state index in [0.29, 0.717) is 0 Å². The molecule has 1 amide bonds. The molecule has 1 rings (SSSR count). The van der Waals surface area contributed by atoms with Crippen LogP contribution < -0.4 is 10.1 Å². The third-order valence-electron chi connectivity index (χ3n) is 2.39. The van der Waals surface area contributed by atoms with Gasteiger partial charge in [0, 0.05) is 5.56 Å². The van der Waals surface area contributed by atoms with E-state index in [1.165, 1.54) is 6.92 Å². The number of nitrogens with zero attached hydrogens (tertiary/aromatic N) is 1. The number of carbonyl (C=O) groups excluding carboxylic acids is 1. The number of methoxy groups -OCH3 is 1. The van der Waals surface area contributed by atoms with Crippen LogP contribution in [0.2, 0.25) is 0 Å². The maximum absolute atomic E-state index is 12.8. The second-order valence-electron chi connectivity index (χ2n) is 5.30. The minimum atomic E-state index is -4.64. The molecule has 132 valence electrons. The number of halogens is 3. The number of nitrogens with one attached hydrogen (secondary N) is 1. The van der Waals surface area contributed by atoms with Gasteiger partial charge in [0.2, 0.25) is 0 Å². The Balaban J connectivity index is 0.00000232. The van der Waals surface area contributed by atoms with Gasteiger partial charge in [0.25, 0.3) is 0 Å². The quantitative estimate of drug-likeness (QED) is 0.843. The largest absolute Gasteiger partial charge is 0.494 e. The van der Waals surface area contributed by atoms with Crippen LogP contribution in [0.25, 0.3) is 0 Å². The van der Waals surface area contributed by atoms with E-state index in [1.54, 1.807) is 20.8 Å². The second kappa shape index (κ2) is 8.03. The maximum Gasteiger partial charge on any atom is 0.437 e. The number of anilines is 1. The van der Waals surface area contributed by atoms with Crippen molar-refractivity contribution in [2.24, 2.45) is 0 Å². The van der Waals surface area contributed by atoms with Crippen molar-refractivity contribution in [2.45, 2.75) is 53.3 Å². The van der Waals surface area contributed by atoms with Crippen molar-refractivity contribution in [1.82, 2.24) is 4.98 Å². The summed E-state index contributed by atoms with van der Waals surface area (Å²) in [7, 11) is 1.11. The summed E-state index contributed by atoms with van der Waals surface area (Å²) in [5, 5.41) is 2.35. The van der Waals surface area contributed by atoms with Crippen LogP contribution in [0.3, 0.4) is 0 Å². The number of amides is 1. The Morgan fingerprint density at radius 3 is 2.13 bits per heavy atom. The van der Waals surface area contributed by atoms with Crippen LogP contribution in [0.5, 0.6) is 5.75 Å². The Kier molecular flexibility index (Phi) is 7.33. The number of rotatable bonds is 2. The van der Waals surface area contributed by atoms with Crippen molar-refractivity contribution in [1.29, 1.82) is 0 Å². The summed E-state index contributed by atoms with van der Waals surface area (Å²) in [6.07, 6.45) is -4.50. The zero-order valence-corrected chi connectivity index (χ0v) is 14.4. The number of pyridine rings is 1. The topological polar surface area (TPSA) is 60.5 Å². The molecule has 1 N–H and O–H groups in total. The molecule has 0 saturated heterocycles. The lowest BCUT2D eigenvalue weighted by molar-refractivity contribution is -0.142. The highest BCUT2D eigenvalue weighted by Gasteiger charge is 2.37. The minimum Gasteiger partial charge on any atom is -0.494 e. The van der Waals surface area contributed by atoms with Gasteiger partial charge in [-0.05, 0) is 27.7 Å². The molecule has 0 bridgehead atoms. The Labute approximate surface area is 134 Å². The lowest BCUT2D eigenvalue weighted by Gasteiger charge is -2.21. The number of aromatic nitrogens is 1. The summed E-state index contributed by atoms with van der Waals surface area (Å²) < 4.78 is 48.1. The molecule has 1 aromatic heterocycles. The molecular formula is C15H23F3N2O3. The van der Waals surface area contributed by atoms with Crippen molar-refractivity contribution >= 4 is 11.8 Å². The van der Waals surface area contributed by atoms with Crippen LogP contribution >= 0.6 is 0 Å². The van der Waals surface area contributed by atoms with Gasteiger partial charge in [-0.2, -0.15) is 13.2 Å². The molecule has 1 aromatic rings. The van der Waals surface area contributed by atoms with Crippen LogP contribution in [0, 0.1) is 6.92 Å². The van der Waals surface area contributed by atoms with Gasteiger partial charge < -0.3 is 9.47 Å². The Bertz CT molecular complexity index is 538. The van der Waals surface area contributed by atoms with Crippen molar-refractivity contribution < 1.29 is 27.4 Å². The molecule has 0 fully saturated rings. The van der Waals surface area contributed by atoms with Gasteiger partial charge >= 0.3 is 12.3 Å². The van der Waals surface area contributed by atoms with E-state index in [4.69, 9.17) is 9.47 Å². The average Bonchev–Trinajstić information content (AvgIpc) is 2.39. The smallest absolute Gasteiger partial charge is 0.437 e. The van der Waals surface area contributed by atoms with Crippen molar-refractivity contribution in [3.8, 4) is 5.75 Å². The van der Waals surface area contributed by atoms with Gasteiger partial charge in [0.15, 0.2) is 11.4 Å². The summed E-state index contributed by atoms with van der Waals surface area (Å²) in [4.78, 5) is 14.9. The predicted octanol–water partition coefficient (Wildman–Crippen LogP) is 4.79. The van der Waals surface area contributed by atoms with Crippen LogP contribution in [0.1, 0.15) is 45.9 Å². The van der Waals surface area contributed by atoms with Gasteiger partial charge in [0.1, 0.15) is 5.60 Å². The number of ether oxygens (including phenoxy) is 2. The van der Waals surface area contributed by atoms with E-state index in [-0.39, 0.29) is 11.3 Å². The van der Waals surface area contributed by atoms with Gasteiger partial charge in [-0.25, -0.2) is 9.78 Å². The fourth-order valence-electron chi connectivity index (χ4n) is 1.58. The molecule has 0 aliphatic rings. The van der Waals surface area contributed by atoms with Crippen molar-refractivity contribution in [3.05, 3.63) is 17.5 Å². The highest BCUT2D eigenvalue weighted by atomic mass is 19.4. The number of alkyl halides is 3. The molecule has 0 radical (unpaired) electrons. The van der Waals surface area contributed by atoms with Crippen LogP contribution in [0.15, 0.2) is 6.20 Å². The number of hydrogen-bond acceptors (Lipinski definition) is 4. The van der Waals surface area contributed by atoms with Gasteiger partial charge in [-0.15, -0.1) is 0 Å². The van der Waals surface area contributed by atoms with Gasteiger partial charge in [-0.1, -0.05) is 13.8 Å². The van der Waals surface area contributed by atoms with E-state index in [1.807, 2.05) is 13.8 Å². The SMILES string of the molecule is CC.COc1c(C(F)(F)F)ncc(NC(=O)OC(C)(C)C)c1C. The monoisotopic (exact) mass is 336 g/mol. The molecule has 0 aliphatic heterocycles. The minimum absolute atomic E-state index is 0.0918. The molecule has 0 saturated carbocycles. The zero-order chi connectivity index (χ0) is 18.4. The Morgan fingerprint density at radius 1 is 1.22 bits per heavy atom. The van der Waals surface area contributed by atoms with Crippen LogP contribution in [-0.4, -0.2) is 23.8 Å². The van der Waals surface area contributed by atoms with E-state index < -0.39 is 29.3 Å². The van der Waals surface area contributed by atoms with Crippen LogP contribution in [-0.2, 0) is 10.9 Å². The number of carbonyl (C=O) groups is 1. The summed E-state index contributed by atoms with van der Waals surface area (Å²) in [6, 6.07) is 0. The molecule has 0 atom stereocenters. The van der Waals surface area contributed by atoms with Crippen molar-refractivity contribution in [3.63, 3.8) is 0 Å². The summed E-state index contributed by atoms with van der Waals surface area (Å²) in [6.45, 7) is 10.4. The number of hydrogen-bond donors (Lipinski definition) is 1. The first-order valence-corrected chi connectivity index (χ1v) is 7.06. The third-order valence-corrected chi connectivity index (χ3v) is 2.39.